The van der Waals surface area contributed by atoms with Crippen molar-refractivity contribution < 1.29 is 9.63 Å². The van der Waals surface area contributed by atoms with Gasteiger partial charge in [0.15, 0.2) is 5.75 Å². The summed E-state index contributed by atoms with van der Waals surface area (Å²) in [5.74, 6) is 0.603. The molecule has 0 aromatic heterocycles. The maximum atomic E-state index is 11.1. The average Bonchev–Trinajstić information content (AvgIpc) is 2.39. The highest BCUT2D eigenvalue weighted by Crippen LogP contribution is 2.20. The molecule has 0 unspecified atom stereocenters. The van der Waals surface area contributed by atoms with Gasteiger partial charge in [0, 0.05) is 4.47 Å². The van der Waals surface area contributed by atoms with Crippen molar-refractivity contribution in [3.63, 3.8) is 0 Å². The molecule has 0 spiro atoms. The van der Waals surface area contributed by atoms with Crippen LogP contribution >= 0.6 is 15.9 Å². The fraction of sp³-hybridized carbons (Fsp3) is 0.0714. The number of carbonyl (C=O) groups excluding carboxylic acids is 1. The zero-order valence-corrected chi connectivity index (χ0v) is 11.4. The van der Waals surface area contributed by atoms with Gasteiger partial charge in [0.1, 0.15) is 0 Å². The Kier molecular flexibility index (Phi) is 3.99. The number of rotatable bonds is 4. The Morgan fingerprint density at radius 2 is 1.67 bits per heavy atom. The summed E-state index contributed by atoms with van der Waals surface area (Å²) >= 11 is 3.34. The van der Waals surface area contributed by atoms with Gasteiger partial charge in [0.2, 0.25) is 6.41 Å². The fourth-order valence-electron chi connectivity index (χ4n) is 1.44. The molecule has 0 saturated carbocycles. The van der Waals surface area contributed by atoms with E-state index in [1.165, 1.54) is 5.06 Å². The first-order valence-corrected chi connectivity index (χ1v) is 6.23. The third-order valence-corrected chi connectivity index (χ3v) is 2.93. The van der Waals surface area contributed by atoms with Crippen LogP contribution in [0.2, 0.25) is 0 Å². The van der Waals surface area contributed by atoms with Gasteiger partial charge in [-0.15, -0.1) is 5.06 Å². The molecule has 3 nitrogen and oxygen atoms in total. The minimum atomic E-state index is 0.603. The molecule has 1 amide bonds. The average molecular weight is 306 g/mol. The Labute approximate surface area is 114 Å². The van der Waals surface area contributed by atoms with Crippen molar-refractivity contribution in [3.05, 3.63) is 58.6 Å². The number of hydroxylamine groups is 1. The number of hydrogen-bond acceptors (Lipinski definition) is 2. The molecule has 4 heteroatoms. The molecule has 18 heavy (non-hydrogen) atoms. The second-order valence-corrected chi connectivity index (χ2v) is 4.73. The molecule has 0 fully saturated rings. The SMILES string of the molecule is Cc1ccc(N(C=O)Oc2ccc(Br)cc2)cc1. The van der Waals surface area contributed by atoms with Gasteiger partial charge in [-0.2, -0.15) is 0 Å². The maximum absolute atomic E-state index is 11.1. The van der Waals surface area contributed by atoms with Crippen molar-refractivity contribution in [2.75, 3.05) is 5.06 Å². The molecule has 0 N–H and O–H groups in total. The van der Waals surface area contributed by atoms with Gasteiger partial charge in [-0.3, -0.25) is 4.79 Å². The molecular formula is C14H12BrNO2. The molecule has 0 aliphatic heterocycles. The van der Waals surface area contributed by atoms with Crippen molar-refractivity contribution in [2.24, 2.45) is 0 Å². The molecule has 0 saturated heterocycles. The zero-order valence-electron chi connectivity index (χ0n) is 9.84. The highest BCUT2D eigenvalue weighted by molar-refractivity contribution is 9.10. The lowest BCUT2D eigenvalue weighted by molar-refractivity contribution is -0.111. The molecule has 2 rings (SSSR count). The molecule has 2 aromatic rings. The summed E-state index contributed by atoms with van der Waals surface area (Å²) in [6, 6.07) is 14.8. The molecule has 0 radical (unpaired) electrons. The lowest BCUT2D eigenvalue weighted by Gasteiger charge is -2.17. The molecule has 0 heterocycles. The molecular weight excluding hydrogens is 294 g/mol. The predicted molar refractivity (Wildman–Crippen MR) is 74.5 cm³/mol. The van der Waals surface area contributed by atoms with Gasteiger partial charge >= 0.3 is 0 Å². The van der Waals surface area contributed by atoms with Gasteiger partial charge in [0.05, 0.1) is 5.69 Å². The summed E-state index contributed by atoms with van der Waals surface area (Å²) in [6.07, 6.45) is 0.646. The van der Waals surface area contributed by atoms with Gasteiger partial charge < -0.3 is 4.84 Å². The number of benzene rings is 2. The largest absolute Gasteiger partial charge is 0.372 e. The Balaban J connectivity index is 2.16. The van der Waals surface area contributed by atoms with E-state index in [-0.39, 0.29) is 0 Å². The van der Waals surface area contributed by atoms with E-state index in [1.54, 1.807) is 12.1 Å². The van der Waals surface area contributed by atoms with E-state index in [0.29, 0.717) is 17.8 Å². The molecule has 92 valence electrons. The third-order valence-electron chi connectivity index (χ3n) is 2.40. The summed E-state index contributed by atoms with van der Waals surface area (Å²) in [5, 5.41) is 1.20. The van der Waals surface area contributed by atoms with Crippen molar-refractivity contribution in [1.29, 1.82) is 0 Å². The number of carbonyl (C=O) groups is 1. The van der Waals surface area contributed by atoms with E-state index in [4.69, 9.17) is 4.84 Å². The van der Waals surface area contributed by atoms with Crippen molar-refractivity contribution in [3.8, 4) is 5.75 Å². The van der Waals surface area contributed by atoms with Crippen LogP contribution in [0.15, 0.2) is 53.0 Å². The Bertz CT molecular complexity index is 522. The fourth-order valence-corrected chi connectivity index (χ4v) is 1.70. The Morgan fingerprint density at radius 1 is 1.06 bits per heavy atom. The van der Waals surface area contributed by atoms with Crippen LogP contribution in [0, 0.1) is 6.92 Å². The van der Waals surface area contributed by atoms with Crippen molar-refractivity contribution in [1.82, 2.24) is 0 Å². The summed E-state index contributed by atoms with van der Waals surface area (Å²) < 4.78 is 0.961. The third kappa shape index (κ3) is 3.11. The normalized spacial score (nSPS) is 9.89. The summed E-state index contributed by atoms with van der Waals surface area (Å²) in [5.41, 5.74) is 1.83. The van der Waals surface area contributed by atoms with E-state index < -0.39 is 0 Å². The van der Waals surface area contributed by atoms with Crippen LogP contribution < -0.4 is 9.90 Å². The van der Waals surface area contributed by atoms with E-state index in [0.717, 1.165) is 10.0 Å². The summed E-state index contributed by atoms with van der Waals surface area (Å²) in [4.78, 5) is 16.5. The molecule has 0 bridgehead atoms. The molecule has 0 aliphatic rings. The van der Waals surface area contributed by atoms with Gasteiger partial charge in [-0.1, -0.05) is 33.6 Å². The highest BCUT2D eigenvalue weighted by Gasteiger charge is 2.07. The minimum absolute atomic E-state index is 0.603. The standard InChI is InChI=1S/C14H12BrNO2/c1-11-2-6-13(7-3-11)16(10-17)18-14-8-4-12(15)5-9-14/h2-10H,1H3. The first-order valence-electron chi connectivity index (χ1n) is 5.44. The highest BCUT2D eigenvalue weighted by atomic mass is 79.9. The number of aryl methyl sites for hydroxylation is 1. The summed E-state index contributed by atoms with van der Waals surface area (Å²) in [6.45, 7) is 1.99. The van der Waals surface area contributed by atoms with Gasteiger partial charge in [-0.05, 0) is 43.3 Å². The maximum Gasteiger partial charge on any atom is 0.247 e. The van der Waals surface area contributed by atoms with E-state index in [9.17, 15) is 4.79 Å². The molecule has 0 aliphatic carbocycles. The molecule has 0 atom stereocenters. The van der Waals surface area contributed by atoms with Crippen LogP contribution in [0.4, 0.5) is 5.69 Å². The van der Waals surface area contributed by atoms with Gasteiger partial charge in [-0.25, -0.2) is 0 Å². The van der Waals surface area contributed by atoms with Crippen LogP contribution in [-0.4, -0.2) is 6.41 Å². The number of nitrogens with zero attached hydrogens (tertiary/aromatic N) is 1. The number of halogens is 1. The van der Waals surface area contributed by atoms with Crippen LogP contribution in [0.1, 0.15) is 5.56 Å². The monoisotopic (exact) mass is 305 g/mol. The molecule has 2 aromatic carbocycles. The second-order valence-electron chi connectivity index (χ2n) is 3.81. The minimum Gasteiger partial charge on any atom is -0.372 e. The second kappa shape index (κ2) is 5.69. The smallest absolute Gasteiger partial charge is 0.247 e. The zero-order chi connectivity index (χ0) is 13.0. The van der Waals surface area contributed by atoms with E-state index in [2.05, 4.69) is 15.9 Å². The van der Waals surface area contributed by atoms with Crippen molar-refractivity contribution in [2.45, 2.75) is 6.92 Å². The first-order chi connectivity index (χ1) is 8.69. The van der Waals surface area contributed by atoms with Crippen LogP contribution in [0.3, 0.4) is 0 Å². The number of hydrogen-bond donors (Lipinski definition) is 0. The van der Waals surface area contributed by atoms with Crippen LogP contribution in [0.5, 0.6) is 5.75 Å². The quantitative estimate of drug-likeness (QED) is 0.636. The lowest BCUT2D eigenvalue weighted by atomic mass is 10.2. The van der Waals surface area contributed by atoms with Crippen molar-refractivity contribution >= 4 is 28.0 Å². The van der Waals surface area contributed by atoms with Gasteiger partial charge in [0.25, 0.3) is 0 Å². The topological polar surface area (TPSA) is 29.5 Å². The van der Waals surface area contributed by atoms with Crippen LogP contribution in [-0.2, 0) is 4.79 Å². The Hall–Kier alpha value is -1.81. The number of amides is 1. The predicted octanol–water partition coefficient (Wildman–Crippen LogP) is 3.71. The van der Waals surface area contributed by atoms with E-state index >= 15 is 0 Å². The Morgan fingerprint density at radius 3 is 2.22 bits per heavy atom. The first kappa shape index (κ1) is 12.6. The van der Waals surface area contributed by atoms with Crippen LogP contribution in [0.25, 0.3) is 0 Å². The number of anilines is 1. The summed E-state index contributed by atoms with van der Waals surface area (Å²) in [7, 11) is 0. The lowest BCUT2D eigenvalue weighted by Crippen LogP contribution is -2.25. The van der Waals surface area contributed by atoms with E-state index in [1.807, 2.05) is 43.3 Å².